The van der Waals surface area contributed by atoms with Crippen molar-refractivity contribution in [1.82, 2.24) is 5.32 Å². The molecule has 0 saturated carbocycles. The van der Waals surface area contributed by atoms with Gasteiger partial charge in [-0.25, -0.2) is 0 Å². The Morgan fingerprint density at radius 1 is 1.28 bits per heavy atom. The Labute approximate surface area is 106 Å². The molecule has 0 aliphatic carbocycles. The van der Waals surface area contributed by atoms with Crippen LogP contribution in [0, 0.1) is 0 Å². The molecule has 0 bridgehead atoms. The Hall–Kier alpha value is -2.23. The Morgan fingerprint density at radius 2 is 2.06 bits per heavy atom. The smallest absolute Gasteiger partial charge is 0.258 e. The molecule has 0 unspecified atom stereocenters. The number of hydrogen-bond donors (Lipinski definition) is 1. The van der Waals surface area contributed by atoms with Gasteiger partial charge in [-0.05, 0) is 31.2 Å². The van der Waals surface area contributed by atoms with E-state index >= 15 is 0 Å². The van der Waals surface area contributed by atoms with Gasteiger partial charge in [0.05, 0.1) is 12.3 Å². The summed E-state index contributed by atoms with van der Waals surface area (Å²) in [7, 11) is 0. The average Bonchev–Trinajstić information content (AvgIpc) is 2.91. The van der Waals surface area contributed by atoms with Crippen LogP contribution in [0.3, 0.4) is 0 Å². The van der Waals surface area contributed by atoms with E-state index in [-0.39, 0.29) is 18.6 Å². The maximum Gasteiger partial charge on any atom is 0.258 e. The van der Waals surface area contributed by atoms with Gasteiger partial charge in [-0.15, -0.1) is 0 Å². The van der Waals surface area contributed by atoms with E-state index in [0.717, 1.165) is 5.76 Å². The molecule has 1 atom stereocenters. The second kappa shape index (κ2) is 5.91. The summed E-state index contributed by atoms with van der Waals surface area (Å²) in [5.41, 5.74) is 0. The molecule has 1 aromatic heterocycles. The molecule has 0 radical (unpaired) electrons. The summed E-state index contributed by atoms with van der Waals surface area (Å²) in [6.45, 7) is 1.86. The van der Waals surface area contributed by atoms with E-state index in [0.29, 0.717) is 5.75 Å². The molecule has 4 nitrogen and oxygen atoms in total. The van der Waals surface area contributed by atoms with Crippen molar-refractivity contribution in [3.05, 3.63) is 54.5 Å². The van der Waals surface area contributed by atoms with Crippen LogP contribution in [0.2, 0.25) is 0 Å². The number of ether oxygens (including phenoxy) is 1. The Balaban J connectivity index is 1.79. The van der Waals surface area contributed by atoms with Gasteiger partial charge in [0.25, 0.3) is 5.91 Å². The first-order valence-electron chi connectivity index (χ1n) is 5.76. The van der Waals surface area contributed by atoms with Crippen molar-refractivity contribution in [2.45, 2.75) is 13.0 Å². The predicted molar refractivity (Wildman–Crippen MR) is 67.2 cm³/mol. The van der Waals surface area contributed by atoms with Gasteiger partial charge in [-0.2, -0.15) is 0 Å². The van der Waals surface area contributed by atoms with E-state index < -0.39 is 0 Å². The number of carbonyl (C=O) groups is 1. The zero-order chi connectivity index (χ0) is 12.8. The standard InChI is InChI=1S/C14H15NO3/c1-11(13-8-5-9-17-13)15-14(16)10-18-12-6-3-2-4-7-12/h2-9,11H,10H2,1H3,(H,15,16)/t11-/m1/s1. The van der Waals surface area contributed by atoms with E-state index in [1.54, 1.807) is 12.3 Å². The maximum atomic E-state index is 11.6. The third-order valence-electron chi connectivity index (χ3n) is 2.46. The van der Waals surface area contributed by atoms with E-state index in [1.165, 1.54) is 0 Å². The van der Waals surface area contributed by atoms with Crippen LogP contribution in [0.25, 0.3) is 0 Å². The van der Waals surface area contributed by atoms with Crippen molar-refractivity contribution < 1.29 is 13.9 Å². The fourth-order valence-electron chi connectivity index (χ4n) is 1.56. The van der Waals surface area contributed by atoms with Crippen molar-refractivity contribution in [2.75, 3.05) is 6.61 Å². The van der Waals surface area contributed by atoms with Crippen LogP contribution in [0.15, 0.2) is 53.1 Å². The number of furan rings is 1. The molecule has 94 valence electrons. The first-order valence-corrected chi connectivity index (χ1v) is 5.76. The van der Waals surface area contributed by atoms with Gasteiger partial charge in [0.1, 0.15) is 11.5 Å². The highest BCUT2D eigenvalue weighted by atomic mass is 16.5. The normalized spacial score (nSPS) is 11.8. The largest absolute Gasteiger partial charge is 0.484 e. The first kappa shape index (κ1) is 12.2. The van der Waals surface area contributed by atoms with Gasteiger partial charge in [-0.3, -0.25) is 4.79 Å². The first-order chi connectivity index (χ1) is 8.75. The number of benzene rings is 1. The lowest BCUT2D eigenvalue weighted by atomic mass is 10.2. The number of nitrogens with one attached hydrogen (secondary N) is 1. The number of para-hydroxylation sites is 1. The minimum atomic E-state index is -0.178. The fourth-order valence-corrected chi connectivity index (χ4v) is 1.56. The molecule has 4 heteroatoms. The second-order valence-electron chi connectivity index (χ2n) is 3.91. The molecule has 1 heterocycles. The van der Waals surface area contributed by atoms with Crippen LogP contribution in [0.1, 0.15) is 18.7 Å². The van der Waals surface area contributed by atoms with Crippen molar-refractivity contribution in [2.24, 2.45) is 0 Å². The quantitative estimate of drug-likeness (QED) is 0.880. The van der Waals surface area contributed by atoms with Gasteiger partial charge in [-0.1, -0.05) is 18.2 Å². The molecular formula is C14H15NO3. The lowest BCUT2D eigenvalue weighted by Gasteiger charge is -2.12. The minimum absolute atomic E-state index is 0.00490. The molecule has 18 heavy (non-hydrogen) atoms. The third kappa shape index (κ3) is 3.38. The zero-order valence-corrected chi connectivity index (χ0v) is 10.1. The molecule has 1 amide bonds. The Morgan fingerprint density at radius 3 is 2.72 bits per heavy atom. The van der Waals surface area contributed by atoms with Crippen LogP contribution < -0.4 is 10.1 Å². The highest BCUT2D eigenvalue weighted by Gasteiger charge is 2.11. The molecule has 1 aromatic carbocycles. The lowest BCUT2D eigenvalue weighted by Crippen LogP contribution is -2.31. The summed E-state index contributed by atoms with van der Waals surface area (Å²) in [5, 5.41) is 2.79. The fraction of sp³-hybridized carbons (Fsp3) is 0.214. The molecule has 0 saturated heterocycles. The maximum absolute atomic E-state index is 11.6. The Kier molecular flexibility index (Phi) is 4.02. The van der Waals surface area contributed by atoms with Crippen LogP contribution in [0.4, 0.5) is 0 Å². The van der Waals surface area contributed by atoms with Crippen LogP contribution >= 0.6 is 0 Å². The summed E-state index contributed by atoms with van der Waals surface area (Å²) < 4.78 is 10.5. The van der Waals surface area contributed by atoms with Crippen molar-refractivity contribution in [3.63, 3.8) is 0 Å². The molecular weight excluding hydrogens is 230 g/mol. The van der Waals surface area contributed by atoms with E-state index in [4.69, 9.17) is 9.15 Å². The number of carbonyl (C=O) groups excluding carboxylic acids is 1. The highest BCUT2D eigenvalue weighted by molar-refractivity contribution is 5.77. The second-order valence-corrected chi connectivity index (χ2v) is 3.91. The summed E-state index contributed by atoms with van der Waals surface area (Å²) in [6, 6.07) is 12.7. The number of amides is 1. The number of rotatable bonds is 5. The summed E-state index contributed by atoms with van der Waals surface area (Å²) in [5.74, 6) is 1.23. The molecule has 2 rings (SSSR count). The van der Waals surface area contributed by atoms with Gasteiger partial charge in [0.15, 0.2) is 6.61 Å². The van der Waals surface area contributed by atoms with Gasteiger partial charge in [0.2, 0.25) is 0 Å². The molecule has 1 N–H and O–H groups in total. The summed E-state index contributed by atoms with van der Waals surface area (Å²) in [6.07, 6.45) is 1.58. The average molecular weight is 245 g/mol. The van der Waals surface area contributed by atoms with Crippen LogP contribution in [-0.4, -0.2) is 12.5 Å². The highest BCUT2D eigenvalue weighted by Crippen LogP contribution is 2.12. The lowest BCUT2D eigenvalue weighted by molar-refractivity contribution is -0.123. The topological polar surface area (TPSA) is 51.5 Å². The summed E-state index contributed by atoms with van der Waals surface area (Å²) >= 11 is 0. The van der Waals surface area contributed by atoms with E-state index in [9.17, 15) is 4.79 Å². The van der Waals surface area contributed by atoms with Crippen LogP contribution in [-0.2, 0) is 4.79 Å². The van der Waals surface area contributed by atoms with Crippen molar-refractivity contribution in [1.29, 1.82) is 0 Å². The van der Waals surface area contributed by atoms with Crippen molar-refractivity contribution >= 4 is 5.91 Å². The SMILES string of the molecule is C[C@@H](NC(=O)COc1ccccc1)c1ccco1. The summed E-state index contributed by atoms with van der Waals surface area (Å²) in [4.78, 5) is 11.6. The van der Waals surface area contributed by atoms with E-state index in [1.807, 2.05) is 43.3 Å². The minimum Gasteiger partial charge on any atom is -0.484 e. The van der Waals surface area contributed by atoms with Gasteiger partial charge >= 0.3 is 0 Å². The van der Waals surface area contributed by atoms with Gasteiger partial charge < -0.3 is 14.5 Å². The molecule has 0 spiro atoms. The molecule has 0 aliphatic rings. The zero-order valence-electron chi connectivity index (χ0n) is 10.1. The van der Waals surface area contributed by atoms with Crippen LogP contribution in [0.5, 0.6) is 5.75 Å². The Bertz CT molecular complexity index is 479. The third-order valence-corrected chi connectivity index (χ3v) is 2.46. The molecule has 0 aliphatic heterocycles. The molecule has 2 aromatic rings. The predicted octanol–water partition coefficient (Wildman–Crippen LogP) is 2.54. The van der Waals surface area contributed by atoms with Gasteiger partial charge in [0, 0.05) is 0 Å². The molecule has 0 fully saturated rings. The van der Waals surface area contributed by atoms with Crippen molar-refractivity contribution in [3.8, 4) is 5.75 Å². The number of hydrogen-bond acceptors (Lipinski definition) is 3. The monoisotopic (exact) mass is 245 g/mol. The van der Waals surface area contributed by atoms with E-state index in [2.05, 4.69) is 5.32 Å².